The van der Waals surface area contributed by atoms with Gasteiger partial charge in [0.2, 0.25) is 0 Å². The van der Waals surface area contributed by atoms with Crippen LogP contribution in [0.4, 0.5) is 17.1 Å². The summed E-state index contributed by atoms with van der Waals surface area (Å²) in [5.41, 5.74) is 21.7. The van der Waals surface area contributed by atoms with E-state index in [0.29, 0.717) is 11.3 Å². The van der Waals surface area contributed by atoms with Crippen LogP contribution in [-0.2, 0) is 10.8 Å². The topological polar surface area (TPSA) is 3.24 Å². The smallest absolute Gasteiger partial charge is 0.0476 e. The van der Waals surface area contributed by atoms with E-state index in [1.54, 1.807) is 11.1 Å². The van der Waals surface area contributed by atoms with Crippen LogP contribution in [0.15, 0.2) is 176 Å². The highest BCUT2D eigenvalue weighted by molar-refractivity contribution is 7.25. The molecule has 314 valence electrons. The van der Waals surface area contributed by atoms with Gasteiger partial charge in [-0.25, -0.2) is 0 Å². The second kappa shape index (κ2) is 13.2. The molecule has 0 N–H and O–H groups in total. The van der Waals surface area contributed by atoms with Crippen molar-refractivity contribution in [2.24, 2.45) is 23.2 Å². The Kier molecular flexibility index (Phi) is 7.53. The first kappa shape index (κ1) is 37.0. The average molecular weight is 854 g/mol. The Morgan fingerprint density at radius 1 is 0.446 bits per heavy atom. The molecule has 1 heterocycles. The number of fused-ring (bicyclic) bond motifs is 15. The van der Waals surface area contributed by atoms with E-state index in [1.165, 1.54) is 144 Å². The van der Waals surface area contributed by atoms with Gasteiger partial charge in [-0.05, 0) is 177 Å². The predicted octanol–water partition coefficient (Wildman–Crippen LogP) is 17.4. The maximum Gasteiger partial charge on any atom is 0.0476 e. The van der Waals surface area contributed by atoms with Crippen LogP contribution in [0.3, 0.4) is 0 Å². The fourth-order valence-corrected chi connectivity index (χ4v) is 16.5. The van der Waals surface area contributed by atoms with Gasteiger partial charge in [-0.1, -0.05) is 147 Å². The zero-order chi connectivity index (χ0) is 42.6. The fourth-order valence-electron chi connectivity index (χ4n) is 15.4. The summed E-state index contributed by atoms with van der Waals surface area (Å²) in [6.45, 7) is 2.59. The minimum atomic E-state index is 0.107. The maximum absolute atomic E-state index is 2.59. The van der Waals surface area contributed by atoms with Crippen LogP contribution in [0, 0.1) is 23.2 Å². The normalized spacial score (nSPS) is 24.6. The van der Waals surface area contributed by atoms with Crippen LogP contribution in [-0.4, -0.2) is 0 Å². The summed E-state index contributed by atoms with van der Waals surface area (Å²) in [5, 5.41) is 2.67. The van der Waals surface area contributed by atoms with Crippen LogP contribution in [0.1, 0.15) is 80.5 Å². The summed E-state index contributed by atoms with van der Waals surface area (Å²) in [7, 11) is 0. The lowest BCUT2D eigenvalue weighted by atomic mass is 9.55. The van der Waals surface area contributed by atoms with Gasteiger partial charge in [0, 0.05) is 48.1 Å². The predicted molar refractivity (Wildman–Crippen MR) is 273 cm³/mol. The highest BCUT2D eigenvalue weighted by Gasteiger charge is 2.70. The molecule has 5 atom stereocenters. The zero-order valence-corrected chi connectivity index (χ0v) is 37.8. The van der Waals surface area contributed by atoms with Crippen molar-refractivity contribution >= 4 is 48.6 Å². The molecule has 15 rings (SSSR count). The quantitative estimate of drug-likeness (QED) is 0.167. The molecule has 4 saturated carbocycles. The Hall–Kier alpha value is -6.22. The molecule has 8 aromatic carbocycles. The van der Waals surface area contributed by atoms with Gasteiger partial charge in [-0.3, -0.25) is 0 Å². The first-order chi connectivity index (χ1) is 32.0. The summed E-state index contributed by atoms with van der Waals surface area (Å²) in [6.07, 6.45) is 10.8. The second-order valence-corrected chi connectivity index (χ2v) is 22.1. The van der Waals surface area contributed by atoms with E-state index < -0.39 is 0 Å². The molecular formula is C63H51NS. The maximum atomic E-state index is 2.59. The number of nitrogens with zero attached hydrogens (tertiary/aromatic N) is 1. The Morgan fingerprint density at radius 2 is 1.03 bits per heavy atom. The minimum Gasteiger partial charge on any atom is -0.310 e. The molecule has 6 aliphatic carbocycles. The summed E-state index contributed by atoms with van der Waals surface area (Å²) in [4.78, 5) is 2.51. The van der Waals surface area contributed by atoms with Gasteiger partial charge >= 0.3 is 0 Å². The van der Waals surface area contributed by atoms with Crippen LogP contribution in [0.2, 0.25) is 0 Å². The lowest BCUT2D eigenvalue weighted by Crippen LogP contribution is -2.44. The summed E-state index contributed by atoms with van der Waals surface area (Å²) in [5.74, 6) is 2.42. The summed E-state index contributed by atoms with van der Waals surface area (Å²) in [6, 6.07) is 68.0. The lowest BCUT2D eigenvalue weighted by molar-refractivity contribution is 0.130. The first-order valence-electron chi connectivity index (χ1n) is 24.4. The molecule has 3 spiro atoms. The number of benzene rings is 8. The van der Waals surface area contributed by atoms with E-state index in [4.69, 9.17) is 0 Å². The number of hydrogen-bond acceptors (Lipinski definition) is 2. The fraction of sp³-hybridized carbons (Fsp3) is 0.238. The number of anilines is 3. The second-order valence-electron chi connectivity index (χ2n) is 21.0. The molecule has 1 nitrogen and oxygen atoms in total. The third-order valence-corrected chi connectivity index (χ3v) is 19.2. The standard InChI is InChI=1S/C63H51NS/c1-39-36-61-37-44(61)33-45(38-61)63(39)56-16-8-6-14-50(56)54-31-42(20-28-57(54)63)43-19-25-52-53-27-24-48(35-60(53)65-59(52)32-43)64(46-21-17-41(18-22-46)40-11-3-2-4-12-40)47-23-26-51-49-13-5-7-15-55(49)62(58(51)34-47)29-9-10-30-62/h2-8,11-28,31-32,34-35,39,44-45H,9-10,29-30,33,36-38H2,1H3/t39-,44-,45+,61?,63+/m0/s1. The molecule has 0 amide bonds. The van der Waals surface area contributed by atoms with E-state index in [-0.39, 0.29) is 10.8 Å². The zero-order valence-electron chi connectivity index (χ0n) is 37.0. The molecule has 1 unspecified atom stereocenters. The SMILES string of the molecule is C[C@H]1CC23C[C@@H]2C[C@H](C3)[C@@]12c1ccccc1-c1cc(-c3ccc4c(c3)sc3cc(N(c5ccc(-c6ccccc6)cc5)c5ccc6c(c5)C5(CCCC5)c5ccccc5-6)ccc34)ccc12. The molecule has 65 heavy (non-hydrogen) atoms. The Morgan fingerprint density at radius 3 is 1.86 bits per heavy atom. The van der Waals surface area contributed by atoms with Gasteiger partial charge in [0.05, 0.1) is 0 Å². The van der Waals surface area contributed by atoms with E-state index >= 15 is 0 Å². The minimum absolute atomic E-state index is 0.107. The van der Waals surface area contributed by atoms with Crippen molar-refractivity contribution in [3.63, 3.8) is 0 Å². The molecule has 6 aliphatic rings. The van der Waals surface area contributed by atoms with Gasteiger partial charge in [-0.15, -0.1) is 11.3 Å². The van der Waals surface area contributed by atoms with Crippen molar-refractivity contribution < 1.29 is 0 Å². The molecule has 0 aliphatic heterocycles. The van der Waals surface area contributed by atoms with Crippen molar-refractivity contribution in [3.05, 3.63) is 198 Å². The molecule has 2 bridgehead atoms. The number of hydrogen-bond donors (Lipinski definition) is 0. The van der Waals surface area contributed by atoms with Crippen LogP contribution in [0.25, 0.3) is 64.7 Å². The van der Waals surface area contributed by atoms with E-state index in [1.807, 2.05) is 11.3 Å². The lowest BCUT2D eigenvalue weighted by Gasteiger charge is -2.48. The summed E-state index contributed by atoms with van der Waals surface area (Å²) >= 11 is 1.94. The molecule has 1 aromatic heterocycles. The molecular weight excluding hydrogens is 803 g/mol. The van der Waals surface area contributed by atoms with Crippen LogP contribution < -0.4 is 4.90 Å². The Bertz CT molecular complexity index is 3440. The number of rotatable bonds is 5. The van der Waals surface area contributed by atoms with Gasteiger partial charge in [0.25, 0.3) is 0 Å². The van der Waals surface area contributed by atoms with E-state index in [9.17, 15) is 0 Å². The van der Waals surface area contributed by atoms with Gasteiger partial charge < -0.3 is 4.90 Å². The van der Waals surface area contributed by atoms with Gasteiger partial charge in [0.1, 0.15) is 0 Å². The molecule has 0 saturated heterocycles. The summed E-state index contributed by atoms with van der Waals surface area (Å²) < 4.78 is 2.67. The van der Waals surface area contributed by atoms with Crippen LogP contribution in [0.5, 0.6) is 0 Å². The third-order valence-electron chi connectivity index (χ3n) is 18.1. The van der Waals surface area contributed by atoms with Crippen molar-refractivity contribution in [1.82, 2.24) is 0 Å². The van der Waals surface area contributed by atoms with Gasteiger partial charge in [-0.2, -0.15) is 0 Å². The van der Waals surface area contributed by atoms with E-state index in [0.717, 1.165) is 11.8 Å². The average Bonchev–Trinajstić information content (AvgIpc) is 3.90. The van der Waals surface area contributed by atoms with Gasteiger partial charge in [0.15, 0.2) is 0 Å². The van der Waals surface area contributed by atoms with Crippen molar-refractivity contribution in [1.29, 1.82) is 0 Å². The monoisotopic (exact) mass is 853 g/mol. The first-order valence-corrected chi connectivity index (χ1v) is 25.2. The van der Waals surface area contributed by atoms with Crippen molar-refractivity contribution in [2.45, 2.75) is 69.1 Å². The van der Waals surface area contributed by atoms with Crippen LogP contribution >= 0.6 is 11.3 Å². The molecule has 4 fully saturated rings. The van der Waals surface area contributed by atoms with Crippen molar-refractivity contribution in [2.75, 3.05) is 4.90 Å². The van der Waals surface area contributed by atoms with Crippen molar-refractivity contribution in [3.8, 4) is 44.5 Å². The molecule has 9 aromatic rings. The molecule has 0 radical (unpaired) electrons. The Balaban J connectivity index is 0.832. The largest absolute Gasteiger partial charge is 0.310 e. The Labute approximate surface area is 386 Å². The van der Waals surface area contributed by atoms with E-state index in [2.05, 4.69) is 188 Å². The molecule has 2 heteroatoms. The number of thiophene rings is 1. The highest BCUT2D eigenvalue weighted by atomic mass is 32.1. The third kappa shape index (κ3) is 4.99. The highest BCUT2D eigenvalue weighted by Crippen LogP contribution is 2.78.